The third-order valence-corrected chi connectivity index (χ3v) is 12.4. The molecule has 4 amide bonds. The average molecular weight is 827 g/mol. The molecule has 4 N–H and O–H groups in total. The van der Waals surface area contributed by atoms with Gasteiger partial charge in [-0.05, 0) is 96.2 Å². The Morgan fingerprint density at radius 1 is 0.656 bits per heavy atom. The fourth-order valence-electron chi connectivity index (χ4n) is 9.30. The molecule has 2 aliphatic heterocycles. The lowest BCUT2D eigenvalue weighted by Gasteiger charge is -2.29. The number of rotatable bonds is 10. The van der Waals surface area contributed by atoms with Crippen LogP contribution >= 0.6 is 0 Å². The highest BCUT2D eigenvalue weighted by atomic mass is 16.5. The SMILES string of the molecule is COC(=O)N[C@H](C(=O)N1CCC[C@H]1c1nc2ccc(-c3ccc(-c4ccc5nc([C@@H]6CCCN6C(=O)[C@@H](NC(=O)OC)C(C)C)[nH]c5c4)c4c5ccc(o5)c34)cc2[nH]1)C(C)C. The number of furan rings is 2. The summed E-state index contributed by atoms with van der Waals surface area (Å²) in [4.78, 5) is 72.3. The number of carbonyl (C=O) groups is 4. The van der Waals surface area contributed by atoms with Crippen molar-refractivity contribution >= 4 is 68.0 Å². The van der Waals surface area contributed by atoms with Crippen LogP contribution in [0.25, 0.3) is 66.3 Å². The second-order valence-corrected chi connectivity index (χ2v) is 16.9. The summed E-state index contributed by atoms with van der Waals surface area (Å²) in [6.07, 6.45) is 1.92. The first-order valence-electron chi connectivity index (χ1n) is 21.0. The van der Waals surface area contributed by atoms with Crippen LogP contribution in [-0.2, 0) is 19.1 Å². The van der Waals surface area contributed by atoms with Crippen molar-refractivity contribution in [2.45, 2.75) is 77.5 Å². The molecular formula is C46H50N8O7. The summed E-state index contributed by atoms with van der Waals surface area (Å²) in [7, 11) is 2.58. The fraction of sp³-hybridized carbons (Fsp3) is 0.391. The van der Waals surface area contributed by atoms with Crippen LogP contribution in [0.2, 0.25) is 0 Å². The van der Waals surface area contributed by atoms with Crippen molar-refractivity contribution in [1.82, 2.24) is 40.4 Å². The van der Waals surface area contributed by atoms with E-state index in [4.69, 9.17) is 23.9 Å². The molecule has 0 unspecified atom stereocenters. The number of fused-ring (bicyclic) bond motifs is 7. The number of methoxy groups -OCH3 is 2. The van der Waals surface area contributed by atoms with E-state index in [2.05, 4.69) is 57.0 Å². The second kappa shape index (κ2) is 15.8. The van der Waals surface area contributed by atoms with Gasteiger partial charge in [-0.2, -0.15) is 0 Å². The monoisotopic (exact) mass is 826 g/mol. The zero-order valence-corrected chi connectivity index (χ0v) is 35.1. The van der Waals surface area contributed by atoms with Gasteiger partial charge in [0.15, 0.2) is 0 Å². The maximum Gasteiger partial charge on any atom is 0.407 e. The topological polar surface area (TPSA) is 188 Å². The van der Waals surface area contributed by atoms with Gasteiger partial charge in [-0.25, -0.2) is 19.6 Å². The van der Waals surface area contributed by atoms with Crippen molar-refractivity contribution in [1.29, 1.82) is 0 Å². The molecule has 0 radical (unpaired) electrons. The lowest BCUT2D eigenvalue weighted by molar-refractivity contribution is -0.136. The number of likely N-dealkylation sites (tertiary alicyclic amines) is 2. The number of imidazole rings is 2. The van der Waals surface area contributed by atoms with Gasteiger partial charge in [-0.3, -0.25) is 9.59 Å². The van der Waals surface area contributed by atoms with Gasteiger partial charge in [-0.1, -0.05) is 52.0 Å². The maximum atomic E-state index is 13.8. The predicted molar refractivity (Wildman–Crippen MR) is 231 cm³/mol. The number of aromatic nitrogens is 4. The predicted octanol–water partition coefficient (Wildman–Crippen LogP) is 8.20. The van der Waals surface area contributed by atoms with Crippen molar-refractivity contribution < 1.29 is 33.1 Å². The van der Waals surface area contributed by atoms with Gasteiger partial charge in [0.1, 0.15) is 34.9 Å². The molecule has 6 heterocycles. The molecule has 4 aromatic heterocycles. The number of hydrogen-bond donors (Lipinski definition) is 4. The molecule has 0 saturated carbocycles. The van der Waals surface area contributed by atoms with E-state index in [1.54, 1.807) is 0 Å². The third kappa shape index (κ3) is 7.04. The molecule has 7 aromatic rings. The summed E-state index contributed by atoms with van der Waals surface area (Å²) in [5.74, 6) is 0.884. The van der Waals surface area contributed by atoms with Crippen LogP contribution in [0.15, 0.2) is 65.1 Å². The van der Waals surface area contributed by atoms with Crippen LogP contribution in [0.4, 0.5) is 9.59 Å². The van der Waals surface area contributed by atoms with Crippen LogP contribution in [0.5, 0.6) is 0 Å². The van der Waals surface area contributed by atoms with E-state index in [-0.39, 0.29) is 35.7 Å². The molecule has 2 bridgehead atoms. The molecule has 15 heteroatoms. The van der Waals surface area contributed by atoms with E-state index in [1.165, 1.54) is 14.2 Å². The number of hydrogen-bond acceptors (Lipinski definition) is 9. The summed E-state index contributed by atoms with van der Waals surface area (Å²) >= 11 is 0. The standard InChI is InChI=1S/C46H50N8O7/c1-23(2)39(51-45(57)59-5)43(55)53-19-7-9-33(53)41-47-29-15-11-25(21-31(29)49-41)27-13-14-28(38-36-18-17-35(61-36)37(27)38)26-12-16-30-32(22-26)50-42(48-30)34-10-8-20-54(34)44(56)40(24(3)4)52-46(58)60-6/h11-18,21-24,33-34,39-40H,7-10,19-20H2,1-6H3,(H,47,49)(H,48,50)(H,51,57)(H,52,58)/t33-,34-,39-,40-/m0/s1. The lowest BCUT2D eigenvalue weighted by atomic mass is 9.92. The van der Waals surface area contributed by atoms with E-state index in [9.17, 15) is 19.2 Å². The minimum absolute atomic E-state index is 0.125. The van der Waals surface area contributed by atoms with E-state index in [1.807, 2.05) is 61.8 Å². The summed E-state index contributed by atoms with van der Waals surface area (Å²) in [5.41, 5.74) is 8.95. The van der Waals surface area contributed by atoms with Crippen LogP contribution < -0.4 is 10.6 Å². The molecule has 2 fully saturated rings. The maximum absolute atomic E-state index is 13.8. The average Bonchev–Trinajstić information content (AvgIpc) is 4.12. The Morgan fingerprint density at radius 3 is 1.48 bits per heavy atom. The van der Waals surface area contributed by atoms with Gasteiger partial charge in [-0.15, -0.1) is 0 Å². The molecule has 2 saturated heterocycles. The van der Waals surface area contributed by atoms with Crippen molar-refractivity contribution in [2.75, 3.05) is 27.3 Å². The smallest absolute Gasteiger partial charge is 0.407 e. The van der Waals surface area contributed by atoms with Gasteiger partial charge in [0.2, 0.25) is 11.8 Å². The van der Waals surface area contributed by atoms with Crippen LogP contribution in [0.1, 0.15) is 77.1 Å². The van der Waals surface area contributed by atoms with E-state index >= 15 is 0 Å². The van der Waals surface area contributed by atoms with Crippen LogP contribution in [-0.4, -0.2) is 93.1 Å². The zero-order chi connectivity index (χ0) is 42.7. The fourth-order valence-corrected chi connectivity index (χ4v) is 9.30. The van der Waals surface area contributed by atoms with Crippen molar-refractivity contribution in [3.05, 3.63) is 72.3 Å². The Balaban J connectivity index is 1.01. The van der Waals surface area contributed by atoms with Gasteiger partial charge >= 0.3 is 12.2 Å². The molecule has 316 valence electrons. The van der Waals surface area contributed by atoms with E-state index < -0.39 is 24.3 Å². The van der Waals surface area contributed by atoms with Crippen LogP contribution in [0, 0.1) is 11.8 Å². The Kier molecular flexibility index (Phi) is 10.3. The minimum Gasteiger partial charge on any atom is -0.456 e. The Labute approximate surface area is 351 Å². The molecular weight excluding hydrogens is 777 g/mol. The highest BCUT2D eigenvalue weighted by Crippen LogP contribution is 2.45. The summed E-state index contributed by atoms with van der Waals surface area (Å²) < 4.78 is 15.9. The molecule has 61 heavy (non-hydrogen) atoms. The van der Waals surface area contributed by atoms with Gasteiger partial charge in [0, 0.05) is 23.9 Å². The van der Waals surface area contributed by atoms with Crippen molar-refractivity contribution in [2.24, 2.45) is 11.8 Å². The Bertz CT molecular complexity index is 2620. The third-order valence-electron chi connectivity index (χ3n) is 12.4. The Morgan fingerprint density at radius 2 is 1.08 bits per heavy atom. The number of benzene rings is 4. The highest BCUT2D eigenvalue weighted by Gasteiger charge is 2.39. The first-order valence-corrected chi connectivity index (χ1v) is 21.0. The molecule has 4 atom stereocenters. The number of alkyl carbamates (subject to hydrolysis) is 2. The van der Waals surface area contributed by atoms with E-state index in [0.29, 0.717) is 24.7 Å². The molecule has 15 nitrogen and oxygen atoms in total. The first-order chi connectivity index (χ1) is 29.4. The minimum atomic E-state index is -0.711. The quantitative estimate of drug-likeness (QED) is 0.105. The number of nitrogens with zero attached hydrogens (tertiary/aromatic N) is 4. The number of H-pyrrole nitrogens is 2. The molecule has 3 aromatic carbocycles. The van der Waals surface area contributed by atoms with Crippen molar-refractivity contribution in [3.63, 3.8) is 0 Å². The summed E-state index contributed by atoms with van der Waals surface area (Å²) in [6, 6.07) is 18.7. The first kappa shape index (κ1) is 39.8. The summed E-state index contributed by atoms with van der Waals surface area (Å²) in [5, 5.41) is 7.47. The highest BCUT2D eigenvalue weighted by molar-refractivity contribution is 6.20. The number of ether oxygens (including phenoxy) is 2. The number of aromatic amines is 2. The largest absolute Gasteiger partial charge is 0.456 e. The molecule has 0 spiro atoms. The lowest BCUT2D eigenvalue weighted by Crippen LogP contribution is -2.51. The van der Waals surface area contributed by atoms with E-state index in [0.717, 1.165) is 91.9 Å². The normalized spacial score (nSPS) is 18.0. The van der Waals surface area contributed by atoms with Gasteiger partial charge in [0.05, 0.1) is 48.4 Å². The molecule has 9 rings (SSSR count). The number of carbonyl (C=O) groups excluding carboxylic acids is 4. The number of amides is 4. The number of nitrogens with one attached hydrogen (secondary N) is 4. The van der Waals surface area contributed by atoms with Gasteiger partial charge in [0.25, 0.3) is 0 Å². The van der Waals surface area contributed by atoms with Crippen molar-refractivity contribution in [3.8, 4) is 22.3 Å². The van der Waals surface area contributed by atoms with Gasteiger partial charge < -0.3 is 44.3 Å². The van der Waals surface area contributed by atoms with Crippen LogP contribution in [0.3, 0.4) is 0 Å². The zero-order valence-electron chi connectivity index (χ0n) is 35.1. The molecule has 2 aliphatic rings. The molecule has 0 aliphatic carbocycles. The second-order valence-electron chi connectivity index (χ2n) is 16.9. The Hall–Kier alpha value is -6.64. The summed E-state index contributed by atoms with van der Waals surface area (Å²) in [6.45, 7) is 8.77.